The lowest BCUT2D eigenvalue weighted by Crippen LogP contribution is -2.43. The molecule has 1 aliphatic heterocycles. The number of ether oxygens (including phenoxy) is 4. The summed E-state index contributed by atoms with van der Waals surface area (Å²) in [6.45, 7) is 4.10. The third-order valence-corrected chi connectivity index (χ3v) is 3.11. The summed E-state index contributed by atoms with van der Waals surface area (Å²) in [4.78, 5) is 23.8. The van der Waals surface area contributed by atoms with Gasteiger partial charge in [-0.25, -0.2) is 0 Å². The molecule has 0 aromatic rings. The van der Waals surface area contributed by atoms with Gasteiger partial charge in [0.2, 0.25) is 11.8 Å². The smallest absolute Gasteiger partial charge is 0.225 e. The van der Waals surface area contributed by atoms with Crippen molar-refractivity contribution >= 4 is 11.8 Å². The van der Waals surface area contributed by atoms with E-state index >= 15 is 0 Å². The van der Waals surface area contributed by atoms with E-state index in [1.165, 1.54) is 14.2 Å². The Hall–Kier alpha value is -1.22. The average Bonchev–Trinajstić information content (AvgIpc) is 2.46. The molecule has 1 fully saturated rings. The third-order valence-electron chi connectivity index (χ3n) is 3.11. The summed E-state index contributed by atoms with van der Waals surface area (Å²) in [7, 11) is 2.94. The number of methoxy groups -OCH3 is 2. The first-order valence-corrected chi connectivity index (χ1v) is 7.32. The Kier molecular flexibility index (Phi) is 8.32. The van der Waals surface area contributed by atoms with Gasteiger partial charge in [0.1, 0.15) is 0 Å². The van der Waals surface area contributed by atoms with E-state index < -0.39 is 12.6 Å². The lowest BCUT2D eigenvalue weighted by Gasteiger charge is -2.24. The van der Waals surface area contributed by atoms with Crippen LogP contribution in [0.4, 0.5) is 0 Å². The summed E-state index contributed by atoms with van der Waals surface area (Å²) in [6, 6.07) is -0.430. The van der Waals surface area contributed by atoms with E-state index in [1.54, 1.807) is 13.8 Å². The molecule has 2 N–H and O–H groups in total. The molecule has 0 bridgehead atoms. The fourth-order valence-corrected chi connectivity index (χ4v) is 1.98. The van der Waals surface area contributed by atoms with Crippen LogP contribution in [0.1, 0.15) is 26.7 Å². The van der Waals surface area contributed by atoms with Crippen molar-refractivity contribution in [3.8, 4) is 0 Å². The largest absolute Gasteiger partial charge is 0.355 e. The Morgan fingerprint density at radius 1 is 0.864 bits per heavy atom. The first kappa shape index (κ1) is 18.8. The molecule has 0 aromatic heterocycles. The van der Waals surface area contributed by atoms with Gasteiger partial charge in [0.25, 0.3) is 0 Å². The van der Waals surface area contributed by atoms with Crippen molar-refractivity contribution in [3.05, 3.63) is 0 Å². The number of hydrogen-bond acceptors (Lipinski definition) is 6. The summed E-state index contributed by atoms with van der Waals surface area (Å²) < 4.78 is 21.2. The number of nitrogens with one attached hydrogen (secondary N) is 2. The number of rotatable bonds is 2. The Morgan fingerprint density at radius 3 is 1.55 bits per heavy atom. The molecule has 0 saturated carbocycles. The maximum absolute atomic E-state index is 11.9. The van der Waals surface area contributed by atoms with Crippen molar-refractivity contribution in [2.75, 3.05) is 27.4 Å². The lowest BCUT2D eigenvalue weighted by molar-refractivity contribution is -0.159. The number of carbonyl (C=O) groups is 2. The molecule has 1 rings (SSSR count). The Labute approximate surface area is 130 Å². The first-order valence-electron chi connectivity index (χ1n) is 7.32. The van der Waals surface area contributed by atoms with Crippen molar-refractivity contribution in [2.24, 2.45) is 0 Å². The molecule has 2 amide bonds. The minimum Gasteiger partial charge on any atom is -0.355 e. The normalized spacial score (nSPS) is 32.7. The maximum atomic E-state index is 11.9. The first-order chi connectivity index (χ1) is 10.4. The summed E-state index contributed by atoms with van der Waals surface area (Å²) >= 11 is 0. The molecule has 4 atom stereocenters. The molecule has 0 aliphatic carbocycles. The molecule has 0 aromatic carbocycles. The van der Waals surface area contributed by atoms with Crippen LogP contribution < -0.4 is 10.6 Å². The van der Waals surface area contributed by atoms with Gasteiger partial charge in [0.05, 0.1) is 26.1 Å². The molecule has 0 unspecified atom stereocenters. The molecule has 1 aliphatic rings. The molecule has 22 heavy (non-hydrogen) atoms. The molecule has 8 heteroatoms. The van der Waals surface area contributed by atoms with E-state index in [2.05, 4.69) is 10.6 Å². The van der Waals surface area contributed by atoms with Gasteiger partial charge in [-0.1, -0.05) is 0 Å². The van der Waals surface area contributed by atoms with Gasteiger partial charge in [0, 0.05) is 26.3 Å². The van der Waals surface area contributed by atoms with Crippen molar-refractivity contribution < 1.29 is 28.5 Å². The van der Waals surface area contributed by atoms with Crippen molar-refractivity contribution in [3.63, 3.8) is 0 Å². The van der Waals surface area contributed by atoms with Crippen molar-refractivity contribution in [1.82, 2.24) is 10.6 Å². The molecule has 1 saturated heterocycles. The van der Waals surface area contributed by atoms with E-state index in [4.69, 9.17) is 18.9 Å². The van der Waals surface area contributed by atoms with Crippen LogP contribution in [0.5, 0.6) is 0 Å². The Bertz CT molecular complexity index is 331. The minimum atomic E-state index is -0.651. The summed E-state index contributed by atoms with van der Waals surface area (Å²) in [6.07, 6.45) is -1.14. The van der Waals surface area contributed by atoms with E-state index in [1.807, 2.05) is 0 Å². The number of amides is 2. The summed E-state index contributed by atoms with van der Waals surface area (Å²) in [5.74, 6) is -0.378. The number of hydrogen-bond donors (Lipinski definition) is 2. The number of carbonyl (C=O) groups excluding carboxylic acids is 2. The monoisotopic (exact) mass is 318 g/mol. The molecular weight excluding hydrogens is 292 g/mol. The lowest BCUT2D eigenvalue weighted by atomic mass is 10.3. The highest BCUT2D eigenvalue weighted by Gasteiger charge is 2.21. The van der Waals surface area contributed by atoms with Crippen molar-refractivity contribution in [2.45, 2.75) is 51.4 Å². The molecule has 128 valence electrons. The predicted octanol–water partition coefficient (Wildman–Crippen LogP) is -0.232. The van der Waals surface area contributed by atoms with Crippen LogP contribution in [0, 0.1) is 0 Å². The van der Waals surface area contributed by atoms with E-state index in [0.29, 0.717) is 0 Å². The van der Waals surface area contributed by atoms with Gasteiger partial charge >= 0.3 is 0 Å². The predicted molar refractivity (Wildman–Crippen MR) is 77.9 cm³/mol. The summed E-state index contributed by atoms with van der Waals surface area (Å²) in [5, 5.41) is 5.57. The average molecular weight is 318 g/mol. The zero-order chi connectivity index (χ0) is 16.5. The third kappa shape index (κ3) is 7.17. The standard InChI is InChI=1S/C14H26N2O6/c1-9-7-21-13(19-3)6-12(18)16-10(2)8-22-14(20-4)5-11(17)15-9/h9-10,13-14H,5-8H2,1-4H3,(H,15,17)(H,16,18)/t9-,10-,13-,14-/m0/s1. The molecule has 0 radical (unpaired) electrons. The fraction of sp³-hybridized carbons (Fsp3) is 0.857. The zero-order valence-electron chi connectivity index (χ0n) is 13.6. The Balaban J connectivity index is 2.69. The van der Waals surface area contributed by atoms with Crippen LogP contribution in [0.25, 0.3) is 0 Å². The van der Waals surface area contributed by atoms with Crippen LogP contribution in [-0.2, 0) is 28.5 Å². The van der Waals surface area contributed by atoms with Gasteiger partial charge in [-0.3, -0.25) is 9.59 Å². The highest BCUT2D eigenvalue weighted by atomic mass is 16.7. The maximum Gasteiger partial charge on any atom is 0.225 e. The quantitative estimate of drug-likeness (QED) is 0.730. The van der Waals surface area contributed by atoms with Crippen molar-refractivity contribution in [1.29, 1.82) is 0 Å². The van der Waals surface area contributed by atoms with E-state index in [9.17, 15) is 9.59 Å². The second-order valence-corrected chi connectivity index (χ2v) is 5.34. The second kappa shape index (κ2) is 9.73. The summed E-state index contributed by atoms with van der Waals surface area (Å²) in [5.41, 5.74) is 0. The molecular formula is C14H26N2O6. The van der Waals surface area contributed by atoms with Gasteiger partial charge in [-0.2, -0.15) is 0 Å². The van der Waals surface area contributed by atoms with Crippen LogP contribution in [-0.4, -0.2) is 63.9 Å². The molecule has 8 nitrogen and oxygen atoms in total. The Morgan fingerprint density at radius 2 is 1.23 bits per heavy atom. The van der Waals surface area contributed by atoms with Gasteiger partial charge in [-0.05, 0) is 13.8 Å². The minimum absolute atomic E-state index is 0.0786. The van der Waals surface area contributed by atoms with Crippen LogP contribution in [0.3, 0.4) is 0 Å². The van der Waals surface area contributed by atoms with Gasteiger partial charge < -0.3 is 29.6 Å². The van der Waals surface area contributed by atoms with Crippen LogP contribution >= 0.6 is 0 Å². The molecule has 0 spiro atoms. The van der Waals surface area contributed by atoms with E-state index in [-0.39, 0.29) is 50.0 Å². The SMILES string of the molecule is CO[C@@H]1CC(=O)N[C@@H](C)CO[C@H](OC)CC(=O)N[C@@H](C)CO1. The zero-order valence-corrected chi connectivity index (χ0v) is 13.6. The highest BCUT2D eigenvalue weighted by Crippen LogP contribution is 2.05. The highest BCUT2D eigenvalue weighted by molar-refractivity contribution is 5.77. The molecule has 1 heterocycles. The second-order valence-electron chi connectivity index (χ2n) is 5.34. The van der Waals surface area contributed by atoms with Crippen LogP contribution in [0.2, 0.25) is 0 Å². The topological polar surface area (TPSA) is 95.1 Å². The fourth-order valence-electron chi connectivity index (χ4n) is 1.98. The van der Waals surface area contributed by atoms with E-state index in [0.717, 1.165) is 0 Å². The van der Waals surface area contributed by atoms with Gasteiger partial charge in [0.15, 0.2) is 12.6 Å². The van der Waals surface area contributed by atoms with Crippen LogP contribution in [0.15, 0.2) is 0 Å². The van der Waals surface area contributed by atoms with Gasteiger partial charge in [-0.15, -0.1) is 0 Å².